The van der Waals surface area contributed by atoms with Gasteiger partial charge < -0.3 is 10.2 Å². The molecule has 0 unspecified atom stereocenters. The van der Waals surface area contributed by atoms with E-state index in [1.54, 1.807) is 0 Å². The van der Waals surface area contributed by atoms with E-state index >= 15 is 0 Å². The molecule has 0 atom stereocenters. The van der Waals surface area contributed by atoms with Crippen LogP contribution in [0, 0.1) is 6.92 Å². The Labute approximate surface area is 114 Å². The van der Waals surface area contributed by atoms with E-state index in [-0.39, 0.29) is 23.9 Å². The largest absolute Gasteiger partial charge is 0.336 e. The van der Waals surface area contributed by atoms with Gasteiger partial charge in [-0.3, -0.25) is 4.79 Å². The minimum atomic E-state index is 0. The average molecular weight is 267 g/mol. The van der Waals surface area contributed by atoms with E-state index in [0.29, 0.717) is 0 Å². The van der Waals surface area contributed by atoms with Crippen LogP contribution in [-0.2, 0) is 0 Å². The first-order valence-corrected chi connectivity index (χ1v) is 6.30. The number of carbonyl (C=O) groups excluding carboxylic acids is 1. The number of rotatable bonds is 1. The lowest BCUT2D eigenvalue weighted by Crippen LogP contribution is -2.54. The van der Waals surface area contributed by atoms with Crippen molar-refractivity contribution in [1.82, 2.24) is 10.2 Å². The number of piperazine rings is 1. The summed E-state index contributed by atoms with van der Waals surface area (Å²) < 4.78 is 0. The lowest BCUT2D eigenvalue weighted by molar-refractivity contribution is 0.0691. The number of hydrogen-bond acceptors (Lipinski definition) is 2. The van der Waals surface area contributed by atoms with Gasteiger partial charge in [0.25, 0.3) is 5.91 Å². The van der Waals surface area contributed by atoms with Gasteiger partial charge in [-0.05, 0) is 31.9 Å². The van der Waals surface area contributed by atoms with Crippen LogP contribution in [0.4, 0.5) is 0 Å². The van der Waals surface area contributed by atoms with Gasteiger partial charge in [0.1, 0.15) is 0 Å². The first-order valence-electron chi connectivity index (χ1n) is 6.30. The van der Waals surface area contributed by atoms with E-state index < -0.39 is 0 Å². The Bertz CT molecular complexity index is 440. The summed E-state index contributed by atoms with van der Waals surface area (Å²) in [4.78, 5) is 14.3. The zero-order valence-corrected chi connectivity index (χ0v) is 11.4. The van der Waals surface area contributed by atoms with E-state index in [9.17, 15) is 4.79 Å². The Morgan fingerprint density at radius 2 is 1.94 bits per heavy atom. The fraction of sp³-hybridized carbons (Fsp3) is 0.500. The van der Waals surface area contributed by atoms with E-state index in [1.165, 1.54) is 18.4 Å². The summed E-state index contributed by atoms with van der Waals surface area (Å²) in [5.74, 6) is 0.178. The fourth-order valence-corrected chi connectivity index (χ4v) is 2.49. The molecule has 2 fully saturated rings. The number of carbonyl (C=O) groups is 1. The summed E-state index contributed by atoms with van der Waals surface area (Å²) in [6.07, 6.45) is 2.43. The third-order valence-corrected chi connectivity index (χ3v) is 3.81. The standard InChI is InChI=1S/C14H18N2O.ClH/c1-11-2-4-12(5-3-11)13(17)16-9-8-15-14(10-16)6-7-14;/h2-5,15H,6-10H2,1H3;1H. The molecule has 1 heterocycles. The molecule has 1 amide bonds. The van der Waals surface area contributed by atoms with Gasteiger partial charge in [-0.25, -0.2) is 0 Å². The molecule has 1 spiro atoms. The molecule has 1 saturated carbocycles. The SMILES string of the molecule is Cc1ccc(C(=O)N2CCNC3(CC3)C2)cc1.Cl. The summed E-state index contributed by atoms with van der Waals surface area (Å²) in [5.41, 5.74) is 2.27. The molecule has 1 aliphatic carbocycles. The first-order chi connectivity index (χ1) is 8.19. The summed E-state index contributed by atoms with van der Waals surface area (Å²) >= 11 is 0. The minimum Gasteiger partial charge on any atom is -0.336 e. The molecule has 18 heavy (non-hydrogen) atoms. The van der Waals surface area contributed by atoms with Crippen molar-refractivity contribution < 1.29 is 4.79 Å². The maximum atomic E-state index is 12.3. The van der Waals surface area contributed by atoms with Crippen molar-refractivity contribution in [2.75, 3.05) is 19.6 Å². The number of halogens is 1. The molecule has 3 nitrogen and oxygen atoms in total. The van der Waals surface area contributed by atoms with E-state index in [4.69, 9.17) is 0 Å². The van der Waals surface area contributed by atoms with Crippen LogP contribution in [0.3, 0.4) is 0 Å². The highest BCUT2D eigenvalue weighted by Crippen LogP contribution is 2.37. The van der Waals surface area contributed by atoms with Crippen LogP contribution in [0.2, 0.25) is 0 Å². The van der Waals surface area contributed by atoms with Crippen LogP contribution in [0.25, 0.3) is 0 Å². The van der Waals surface area contributed by atoms with Crippen molar-refractivity contribution in [1.29, 1.82) is 0 Å². The topological polar surface area (TPSA) is 32.3 Å². The maximum Gasteiger partial charge on any atom is 0.253 e. The molecule has 1 aromatic carbocycles. The van der Waals surface area contributed by atoms with Gasteiger partial charge in [-0.1, -0.05) is 17.7 Å². The van der Waals surface area contributed by atoms with Crippen LogP contribution in [-0.4, -0.2) is 36.0 Å². The highest BCUT2D eigenvalue weighted by atomic mass is 35.5. The number of amides is 1. The Morgan fingerprint density at radius 1 is 1.28 bits per heavy atom. The minimum absolute atomic E-state index is 0. The predicted octanol–water partition coefficient (Wildman–Crippen LogP) is 1.99. The number of nitrogens with zero attached hydrogens (tertiary/aromatic N) is 1. The summed E-state index contributed by atoms with van der Waals surface area (Å²) in [6, 6.07) is 7.86. The number of aryl methyl sites for hydroxylation is 1. The molecule has 0 radical (unpaired) electrons. The quantitative estimate of drug-likeness (QED) is 0.843. The van der Waals surface area contributed by atoms with Crippen molar-refractivity contribution in [2.45, 2.75) is 25.3 Å². The van der Waals surface area contributed by atoms with Gasteiger partial charge in [0.15, 0.2) is 0 Å². The third kappa shape index (κ3) is 2.52. The molecule has 3 rings (SSSR count). The number of hydrogen-bond donors (Lipinski definition) is 1. The Hall–Kier alpha value is -1.06. The monoisotopic (exact) mass is 266 g/mol. The fourth-order valence-electron chi connectivity index (χ4n) is 2.49. The molecule has 0 aromatic heterocycles. The third-order valence-electron chi connectivity index (χ3n) is 3.81. The second-order valence-corrected chi connectivity index (χ2v) is 5.30. The highest BCUT2D eigenvalue weighted by Gasteiger charge is 2.46. The van der Waals surface area contributed by atoms with E-state index in [2.05, 4.69) is 5.32 Å². The summed E-state index contributed by atoms with van der Waals surface area (Å²) in [5, 5.41) is 3.52. The summed E-state index contributed by atoms with van der Waals surface area (Å²) in [6.45, 7) is 4.67. The van der Waals surface area contributed by atoms with Crippen LogP contribution in [0.1, 0.15) is 28.8 Å². The second-order valence-electron chi connectivity index (χ2n) is 5.30. The van der Waals surface area contributed by atoms with Crippen molar-refractivity contribution in [3.8, 4) is 0 Å². The Kier molecular flexibility index (Phi) is 3.64. The average Bonchev–Trinajstić information content (AvgIpc) is 3.08. The van der Waals surface area contributed by atoms with Gasteiger partial charge in [-0.15, -0.1) is 12.4 Å². The van der Waals surface area contributed by atoms with E-state index in [0.717, 1.165) is 25.2 Å². The van der Waals surface area contributed by atoms with Crippen LogP contribution < -0.4 is 5.32 Å². The predicted molar refractivity (Wildman–Crippen MR) is 74.3 cm³/mol. The normalized spacial score (nSPS) is 20.4. The van der Waals surface area contributed by atoms with Gasteiger partial charge in [-0.2, -0.15) is 0 Å². The lowest BCUT2D eigenvalue weighted by Gasteiger charge is -2.34. The highest BCUT2D eigenvalue weighted by molar-refractivity contribution is 5.94. The van der Waals surface area contributed by atoms with Crippen molar-refractivity contribution in [2.24, 2.45) is 0 Å². The Balaban J connectivity index is 0.00000120. The molecule has 1 aliphatic heterocycles. The van der Waals surface area contributed by atoms with Gasteiger partial charge >= 0.3 is 0 Å². The second kappa shape index (κ2) is 4.90. The van der Waals surface area contributed by atoms with Gasteiger partial charge in [0, 0.05) is 30.7 Å². The first kappa shape index (κ1) is 13.4. The molecule has 1 N–H and O–H groups in total. The van der Waals surface area contributed by atoms with Crippen LogP contribution in [0.15, 0.2) is 24.3 Å². The Morgan fingerprint density at radius 3 is 2.56 bits per heavy atom. The molecular weight excluding hydrogens is 248 g/mol. The molecule has 98 valence electrons. The molecule has 0 bridgehead atoms. The van der Waals surface area contributed by atoms with Gasteiger partial charge in [0.2, 0.25) is 0 Å². The molecule has 1 aromatic rings. The molecule has 2 aliphatic rings. The molecule has 4 heteroatoms. The zero-order valence-electron chi connectivity index (χ0n) is 10.6. The number of benzene rings is 1. The van der Waals surface area contributed by atoms with Crippen LogP contribution in [0.5, 0.6) is 0 Å². The van der Waals surface area contributed by atoms with Gasteiger partial charge in [0.05, 0.1) is 0 Å². The van der Waals surface area contributed by atoms with Crippen molar-refractivity contribution >= 4 is 18.3 Å². The van der Waals surface area contributed by atoms with E-state index in [1.807, 2.05) is 36.1 Å². The molecule has 1 saturated heterocycles. The number of nitrogens with one attached hydrogen (secondary N) is 1. The lowest BCUT2D eigenvalue weighted by atomic mass is 10.1. The smallest absolute Gasteiger partial charge is 0.253 e. The molecular formula is C14H19ClN2O. The maximum absolute atomic E-state index is 12.3. The van der Waals surface area contributed by atoms with Crippen molar-refractivity contribution in [3.63, 3.8) is 0 Å². The zero-order chi connectivity index (χ0) is 11.9. The van der Waals surface area contributed by atoms with Crippen molar-refractivity contribution in [3.05, 3.63) is 35.4 Å². The summed E-state index contributed by atoms with van der Waals surface area (Å²) in [7, 11) is 0. The van der Waals surface area contributed by atoms with Crippen LogP contribution >= 0.6 is 12.4 Å².